The fourth-order valence-corrected chi connectivity index (χ4v) is 1.29. The molecule has 2 heteroatoms. The standard InChI is InChI=1S/C10H9NO/c1-8-2-3-10-7-11(12)5-4-9(10)6-8/h2-7H,1H3. The Bertz CT molecular complexity index is 382. The summed E-state index contributed by atoms with van der Waals surface area (Å²) in [5, 5.41) is 13.0. The first-order chi connectivity index (χ1) is 5.75. The summed E-state index contributed by atoms with van der Waals surface area (Å²) in [6.07, 6.45) is 3.09. The second kappa shape index (κ2) is 2.48. The van der Waals surface area contributed by atoms with Crippen LogP contribution in [0.1, 0.15) is 5.56 Å². The number of hydrogen-bond donors (Lipinski definition) is 0. The third-order valence-electron chi connectivity index (χ3n) is 1.91. The topological polar surface area (TPSA) is 26.9 Å². The van der Waals surface area contributed by atoms with Crippen molar-refractivity contribution in [2.45, 2.75) is 6.92 Å². The molecule has 1 aromatic carbocycles. The van der Waals surface area contributed by atoms with Crippen LogP contribution in [0.2, 0.25) is 0 Å². The molecule has 0 amide bonds. The van der Waals surface area contributed by atoms with Crippen LogP contribution in [0.15, 0.2) is 36.7 Å². The Labute approximate surface area is 70.7 Å². The summed E-state index contributed by atoms with van der Waals surface area (Å²) in [5.74, 6) is 0. The van der Waals surface area contributed by atoms with Crippen molar-refractivity contribution in [2.24, 2.45) is 0 Å². The van der Waals surface area contributed by atoms with Crippen LogP contribution in [0.25, 0.3) is 10.8 Å². The molecule has 0 saturated heterocycles. The number of benzene rings is 1. The number of hydrogen-bond acceptors (Lipinski definition) is 1. The van der Waals surface area contributed by atoms with E-state index < -0.39 is 0 Å². The van der Waals surface area contributed by atoms with E-state index >= 15 is 0 Å². The van der Waals surface area contributed by atoms with Gasteiger partial charge in [-0.15, -0.1) is 0 Å². The van der Waals surface area contributed by atoms with Crippen molar-refractivity contribution in [3.63, 3.8) is 0 Å². The molecule has 60 valence electrons. The van der Waals surface area contributed by atoms with Gasteiger partial charge in [-0.2, -0.15) is 4.73 Å². The second-order valence-electron chi connectivity index (χ2n) is 2.94. The van der Waals surface area contributed by atoms with Crippen molar-refractivity contribution >= 4 is 10.8 Å². The van der Waals surface area contributed by atoms with Gasteiger partial charge in [-0.25, -0.2) is 0 Å². The van der Waals surface area contributed by atoms with E-state index in [0.29, 0.717) is 0 Å². The minimum Gasteiger partial charge on any atom is -0.619 e. The number of pyridine rings is 1. The summed E-state index contributed by atoms with van der Waals surface area (Å²) >= 11 is 0. The van der Waals surface area contributed by atoms with Gasteiger partial charge in [-0.3, -0.25) is 0 Å². The van der Waals surface area contributed by atoms with Crippen molar-refractivity contribution in [3.8, 4) is 0 Å². The van der Waals surface area contributed by atoms with Gasteiger partial charge in [0, 0.05) is 11.5 Å². The van der Waals surface area contributed by atoms with Crippen LogP contribution < -0.4 is 4.73 Å². The minimum absolute atomic E-state index is 0.817. The molecule has 0 radical (unpaired) electrons. The largest absolute Gasteiger partial charge is 0.619 e. The first-order valence-electron chi connectivity index (χ1n) is 3.85. The van der Waals surface area contributed by atoms with Gasteiger partial charge in [0.25, 0.3) is 0 Å². The average Bonchev–Trinajstić information content (AvgIpc) is 2.05. The Morgan fingerprint density at radius 3 is 2.83 bits per heavy atom. The highest BCUT2D eigenvalue weighted by Crippen LogP contribution is 2.12. The third-order valence-corrected chi connectivity index (χ3v) is 1.91. The SMILES string of the molecule is Cc1ccc2c[n+]([O-])ccc2c1. The Hall–Kier alpha value is -1.57. The molecule has 0 unspecified atom stereocenters. The highest BCUT2D eigenvalue weighted by molar-refractivity contribution is 5.81. The fourth-order valence-electron chi connectivity index (χ4n) is 1.29. The van der Waals surface area contributed by atoms with Crippen LogP contribution in [-0.4, -0.2) is 0 Å². The quantitative estimate of drug-likeness (QED) is 0.425. The van der Waals surface area contributed by atoms with Gasteiger partial charge in [-0.05, 0) is 18.4 Å². The second-order valence-corrected chi connectivity index (χ2v) is 2.94. The van der Waals surface area contributed by atoms with Crippen molar-refractivity contribution < 1.29 is 4.73 Å². The molecule has 2 nitrogen and oxygen atoms in total. The first kappa shape index (κ1) is 7.10. The van der Waals surface area contributed by atoms with Gasteiger partial charge in [0.15, 0.2) is 12.4 Å². The van der Waals surface area contributed by atoms with E-state index in [1.165, 1.54) is 11.8 Å². The van der Waals surface area contributed by atoms with Crippen LogP contribution in [-0.2, 0) is 0 Å². The number of rotatable bonds is 0. The van der Waals surface area contributed by atoms with Gasteiger partial charge >= 0.3 is 0 Å². The van der Waals surface area contributed by atoms with E-state index in [2.05, 4.69) is 6.07 Å². The highest BCUT2D eigenvalue weighted by Gasteiger charge is 1.96. The number of fused-ring (bicyclic) bond motifs is 1. The minimum atomic E-state index is 0.817. The average molecular weight is 159 g/mol. The van der Waals surface area contributed by atoms with Gasteiger partial charge in [0.05, 0.1) is 0 Å². The zero-order chi connectivity index (χ0) is 8.55. The van der Waals surface area contributed by atoms with Crippen LogP contribution >= 0.6 is 0 Å². The molecule has 0 aliphatic heterocycles. The Morgan fingerprint density at radius 1 is 1.17 bits per heavy atom. The molecule has 2 rings (SSSR count). The first-order valence-corrected chi connectivity index (χ1v) is 3.85. The predicted molar refractivity (Wildman–Crippen MR) is 47.6 cm³/mol. The monoisotopic (exact) mass is 159 g/mol. The molecule has 0 fully saturated rings. The summed E-state index contributed by atoms with van der Waals surface area (Å²) in [4.78, 5) is 0. The highest BCUT2D eigenvalue weighted by atomic mass is 16.5. The maximum atomic E-state index is 10.9. The molecule has 1 aromatic heterocycles. The molecule has 0 aliphatic rings. The van der Waals surface area contributed by atoms with Crippen molar-refractivity contribution in [2.75, 3.05) is 0 Å². The van der Waals surface area contributed by atoms with E-state index in [4.69, 9.17) is 0 Å². The van der Waals surface area contributed by atoms with Gasteiger partial charge in [0.2, 0.25) is 0 Å². The predicted octanol–water partition coefficient (Wildman–Crippen LogP) is 1.78. The maximum absolute atomic E-state index is 10.9. The third kappa shape index (κ3) is 1.11. The molecule has 2 aromatic rings. The van der Waals surface area contributed by atoms with Crippen LogP contribution in [0, 0.1) is 12.1 Å². The normalized spacial score (nSPS) is 10.4. The van der Waals surface area contributed by atoms with Crippen molar-refractivity contribution in [3.05, 3.63) is 47.4 Å². The fraction of sp³-hybridized carbons (Fsp3) is 0.100. The van der Waals surface area contributed by atoms with E-state index in [1.54, 1.807) is 6.20 Å². The molecule has 0 bridgehead atoms. The van der Waals surface area contributed by atoms with Crippen molar-refractivity contribution in [1.29, 1.82) is 0 Å². The molecular formula is C10H9NO. The summed E-state index contributed by atoms with van der Waals surface area (Å²) in [7, 11) is 0. The van der Waals surface area contributed by atoms with Gasteiger partial charge < -0.3 is 5.21 Å². The zero-order valence-corrected chi connectivity index (χ0v) is 6.82. The van der Waals surface area contributed by atoms with Crippen LogP contribution in [0.5, 0.6) is 0 Å². The van der Waals surface area contributed by atoms with Crippen LogP contribution in [0.4, 0.5) is 0 Å². The summed E-state index contributed by atoms with van der Waals surface area (Å²) in [5.41, 5.74) is 1.21. The lowest BCUT2D eigenvalue weighted by molar-refractivity contribution is -0.603. The molecule has 0 saturated carbocycles. The molecule has 1 heterocycles. The lowest BCUT2D eigenvalue weighted by atomic mass is 10.1. The van der Waals surface area contributed by atoms with Gasteiger partial charge in [0.1, 0.15) is 0 Å². The lowest BCUT2D eigenvalue weighted by Crippen LogP contribution is -2.23. The lowest BCUT2D eigenvalue weighted by Gasteiger charge is -1.99. The Morgan fingerprint density at radius 2 is 2.00 bits per heavy atom. The van der Waals surface area contributed by atoms with E-state index in [0.717, 1.165) is 15.5 Å². The molecule has 0 atom stereocenters. The molecule has 12 heavy (non-hydrogen) atoms. The molecule has 0 N–H and O–H groups in total. The van der Waals surface area contributed by atoms with Gasteiger partial charge in [-0.1, -0.05) is 17.7 Å². The van der Waals surface area contributed by atoms with E-state index in [1.807, 2.05) is 25.1 Å². The van der Waals surface area contributed by atoms with E-state index in [9.17, 15) is 5.21 Å². The zero-order valence-electron chi connectivity index (χ0n) is 6.82. The maximum Gasteiger partial charge on any atom is 0.188 e. The molecule has 0 spiro atoms. The van der Waals surface area contributed by atoms with Crippen LogP contribution in [0.3, 0.4) is 0 Å². The molecular weight excluding hydrogens is 150 g/mol. The number of aromatic nitrogens is 1. The summed E-state index contributed by atoms with van der Waals surface area (Å²) in [6.45, 7) is 2.04. The number of aryl methyl sites for hydroxylation is 1. The number of nitrogens with zero attached hydrogens (tertiary/aromatic N) is 1. The Balaban J connectivity index is 2.79. The van der Waals surface area contributed by atoms with Crippen molar-refractivity contribution in [1.82, 2.24) is 0 Å². The Kier molecular flexibility index (Phi) is 1.47. The molecule has 0 aliphatic carbocycles. The smallest absolute Gasteiger partial charge is 0.188 e. The van der Waals surface area contributed by atoms with E-state index in [-0.39, 0.29) is 0 Å². The summed E-state index contributed by atoms with van der Waals surface area (Å²) < 4.78 is 0.817. The summed E-state index contributed by atoms with van der Waals surface area (Å²) in [6, 6.07) is 7.85.